The average Bonchev–Trinajstić information content (AvgIpc) is 3.57. The van der Waals surface area contributed by atoms with Gasteiger partial charge in [0.05, 0.1) is 18.7 Å². The zero-order valence-electron chi connectivity index (χ0n) is 24.1. The van der Waals surface area contributed by atoms with Gasteiger partial charge in [-0.05, 0) is 34.7 Å². The molecule has 1 aliphatic heterocycles. The topological polar surface area (TPSA) is 24.3 Å². The molecule has 4 aromatic rings. The van der Waals surface area contributed by atoms with Gasteiger partial charge in [-0.2, -0.15) is 0 Å². The van der Waals surface area contributed by atoms with Gasteiger partial charge >= 0.3 is 0 Å². The molecule has 1 aromatic heterocycles. The molecule has 0 saturated carbocycles. The van der Waals surface area contributed by atoms with E-state index in [0.29, 0.717) is 5.88 Å². The monoisotopic (exact) mass is 624 g/mol. The van der Waals surface area contributed by atoms with Gasteiger partial charge in [-0.1, -0.05) is 111 Å². The molecule has 0 spiro atoms. The van der Waals surface area contributed by atoms with Crippen molar-refractivity contribution in [2.75, 3.05) is 13.7 Å². The van der Waals surface area contributed by atoms with Gasteiger partial charge in [0.25, 0.3) is 0 Å². The van der Waals surface area contributed by atoms with Crippen molar-refractivity contribution in [1.82, 2.24) is 19.4 Å². The number of aryl methyl sites for hydroxylation is 2. The Bertz CT molecular complexity index is 1330. The fourth-order valence-corrected chi connectivity index (χ4v) is 4.08. The van der Waals surface area contributed by atoms with Crippen molar-refractivity contribution in [3.63, 3.8) is 0 Å². The molecule has 0 saturated heterocycles. The Morgan fingerprint density at radius 2 is 1.31 bits per heavy atom. The third-order valence-corrected chi connectivity index (χ3v) is 6.48. The van der Waals surface area contributed by atoms with Crippen molar-refractivity contribution < 1.29 is 24.8 Å². The van der Waals surface area contributed by atoms with Crippen LogP contribution in [-0.4, -0.2) is 33.1 Å². The first-order chi connectivity index (χ1) is 18.9. The highest BCUT2D eigenvalue weighted by Gasteiger charge is 2.08. The minimum atomic E-state index is 0. The van der Waals surface area contributed by atoms with Crippen molar-refractivity contribution in [3.8, 4) is 0 Å². The Hall–Kier alpha value is -3.44. The first kappa shape index (κ1) is 38.6. The number of benzene rings is 3. The number of rotatable bonds is 7. The van der Waals surface area contributed by atoms with E-state index in [1.54, 1.807) is 0 Å². The van der Waals surface area contributed by atoms with Crippen LogP contribution in [0, 0.1) is 6.92 Å². The maximum atomic E-state index is 5.60. The van der Waals surface area contributed by atoms with Crippen molar-refractivity contribution in [3.05, 3.63) is 150 Å². The van der Waals surface area contributed by atoms with E-state index in [1.165, 1.54) is 22.3 Å². The molecular weight excluding hydrogens is 583 g/mol. The minimum absolute atomic E-state index is 0. The average molecular weight is 626 g/mol. The quantitative estimate of drug-likeness (QED) is 0.295. The van der Waals surface area contributed by atoms with Gasteiger partial charge in [-0.25, -0.2) is 4.98 Å². The minimum Gasteiger partial charge on any atom is -1.00 e. The summed E-state index contributed by atoms with van der Waals surface area (Å²) in [6, 6.07) is 25.1. The molecule has 0 amide bonds. The third-order valence-electron chi connectivity index (χ3n) is 6.17. The smallest absolute Gasteiger partial charge is 0.0946 e. The normalized spacial score (nSPS) is 11.0. The summed E-state index contributed by atoms with van der Waals surface area (Å²) in [4.78, 5) is 8.74. The molecule has 226 valence electrons. The van der Waals surface area contributed by atoms with Crippen LogP contribution in [0.15, 0.2) is 111 Å². The number of imidazole rings is 1. The summed E-state index contributed by atoms with van der Waals surface area (Å²) in [6.45, 7) is 11.4. The summed E-state index contributed by atoms with van der Waals surface area (Å²) in [5, 5.41) is 0. The van der Waals surface area contributed by atoms with Crippen LogP contribution < -0.4 is 24.8 Å². The van der Waals surface area contributed by atoms with Gasteiger partial charge in [-0.15, -0.1) is 11.6 Å². The SMILES string of the molecule is C.C=Cc1ccc(CCl)cc1.C=Cc1ccc(CN2C=CN(C)C2)cc1.Cc1ccc(Cc2cn(C)cn2)cc1.[Cl-].[Cl-]. The molecule has 3 aromatic carbocycles. The van der Waals surface area contributed by atoms with E-state index in [0.717, 1.165) is 36.5 Å². The highest BCUT2D eigenvalue weighted by atomic mass is 35.5. The van der Waals surface area contributed by atoms with Gasteiger partial charge in [0, 0.05) is 51.5 Å². The molecule has 0 bridgehead atoms. The van der Waals surface area contributed by atoms with Crippen LogP contribution in [0.3, 0.4) is 0 Å². The number of nitrogens with zero attached hydrogens (tertiary/aromatic N) is 4. The summed E-state index contributed by atoms with van der Waals surface area (Å²) in [6.07, 6.45) is 12.7. The highest BCUT2D eigenvalue weighted by Crippen LogP contribution is 2.12. The second-order valence-electron chi connectivity index (χ2n) is 9.66. The molecule has 4 nitrogen and oxygen atoms in total. The lowest BCUT2D eigenvalue weighted by molar-refractivity contribution is -0.001000. The van der Waals surface area contributed by atoms with Crippen LogP contribution >= 0.6 is 11.6 Å². The van der Waals surface area contributed by atoms with Crippen molar-refractivity contribution in [2.24, 2.45) is 7.05 Å². The molecule has 0 aliphatic carbocycles. The lowest BCUT2D eigenvalue weighted by Crippen LogP contribution is -3.00. The van der Waals surface area contributed by atoms with E-state index in [2.05, 4.69) is 109 Å². The van der Waals surface area contributed by atoms with Crippen LogP contribution in [0.4, 0.5) is 0 Å². The van der Waals surface area contributed by atoms with Crippen LogP contribution in [0.5, 0.6) is 0 Å². The molecule has 0 unspecified atom stereocenters. The van der Waals surface area contributed by atoms with E-state index >= 15 is 0 Å². The fourth-order valence-electron chi connectivity index (χ4n) is 3.90. The largest absolute Gasteiger partial charge is 1.00 e. The molecule has 42 heavy (non-hydrogen) atoms. The van der Waals surface area contributed by atoms with Crippen LogP contribution in [0.1, 0.15) is 46.5 Å². The lowest BCUT2D eigenvalue weighted by atomic mass is 10.1. The van der Waals surface area contributed by atoms with Crippen molar-refractivity contribution in [2.45, 2.75) is 33.2 Å². The summed E-state index contributed by atoms with van der Waals surface area (Å²) in [5.74, 6) is 0.581. The standard InChI is InChI=1S/C13H16N2.C12H14N2.C9H9Cl.CH4.2ClH/c1-3-12-4-6-13(7-5-12)10-15-9-8-14(2)11-15;1-10-3-5-11(6-4-10)7-12-8-14(2)9-13-12;1-2-8-3-5-9(7-10)6-4-8;;;/h3-9H,1,10-11H2,2H3;3-6,8-9H,7H2,1-2H3;2-6H,1,7H2;1H4;2*1H/p-2. The Kier molecular flexibility index (Phi) is 18.8. The number of hydrogen-bond acceptors (Lipinski definition) is 3. The molecule has 0 fully saturated rings. The second kappa shape index (κ2) is 20.4. The highest BCUT2D eigenvalue weighted by molar-refractivity contribution is 6.17. The molecule has 2 heterocycles. The van der Waals surface area contributed by atoms with E-state index in [4.69, 9.17) is 11.6 Å². The zero-order valence-corrected chi connectivity index (χ0v) is 26.3. The predicted molar refractivity (Wildman–Crippen MR) is 174 cm³/mol. The molecule has 0 radical (unpaired) electrons. The maximum absolute atomic E-state index is 5.60. The maximum Gasteiger partial charge on any atom is 0.0946 e. The van der Waals surface area contributed by atoms with Crippen molar-refractivity contribution >= 4 is 23.8 Å². The summed E-state index contributed by atoms with van der Waals surface area (Å²) < 4.78 is 1.98. The first-order valence-electron chi connectivity index (χ1n) is 13.0. The first-order valence-corrected chi connectivity index (χ1v) is 13.6. The summed E-state index contributed by atoms with van der Waals surface area (Å²) in [7, 11) is 4.07. The van der Waals surface area contributed by atoms with E-state index in [-0.39, 0.29) is 32.2 Å². The number of alkyl halides is 1. The number of aromatic nitrogens is 2. The molecule has 7 heteroatoms. The van der Waals surface area contributed by atoms with Gasteiger partial charge in [0.2, 0.25) is 0 Å². The van der Waals surface area contributed by atoms with Crippen LogP contribution in [0.2, 0.25) is 0 Å². The van der Waals surface area contributed by atoms with E-state index < -0.39 is 0 Å². The van der Waals surface area contributed by atoms with Gasteiger partial charge < -0.3 is 39.2 Å². The number of halogens is 3. The van der Waals surface area contributed by atoms with Crippen molar-refractivity contribution in [1.29, 1.82) is 0 Å². The van der Waals surface area contributed by atoms with Gasteiger partial charge in [0.1, 0.15) is 0 Å². The van der Waals surface area contributed by atoms with Gasteiger partial charge in [-0.3, -0.25) is 0 Å². The molecule has 0 atom stereocenters. The Balaban J connectivity index is 0.000000591. The molecule has 1 aliphatic rings. The Morgan fingerprint density at radius 1 is 0.786 bits per heavy atom. The van der Waals surface area contributed by atoms with E-state index in [1.807, 2.05) is 54.4 Å². The zero-order chi connectivity index (χ0) is 28.0. The summed E-state index contributed by atoms with van der Waals surface area (Å²) in [5.41, 5.74) is 8.52. The fraction of sp³-hybridized carbons (Fsp3) is 0.229. The third kappa shape index (κ3) is 13.5. The van der Waals surface area contributed by atoms with Gasteiger partial charge in [0.15, 0.2) is 0 Å². The Labute approximate surface area is 270 Å². The van der Waals surface area contributed by atoms with E-state index in [9.17, 15) is 0 Å². The van der Waals surface area contributed by atoms with Crippen LogP contribution in [-0.2, 0) is 25.9 Å². The Morgan fingerprint density at radius 3 is 1.74 bits per heavy atom. The molecule has 0 N–H and O–H groups in total. The number of hydrogen-bond donors (Lipinski definition) is 0. The molecule has 5 rings (SSSR count). The lowest BCUT2D eigenvalue weighted by Gasteiger charge is -2.18. The second-order valence-corrected chi connectivity index (χ2v) is 9.93. The molecular formula is C35H43Cl3N4-2. The predicted octanol–water partition coefficient (Wildman–Crippen LogP) is 2.54. The van der Waals surface area contributed by atoms with Crippen LogP contribution in [0.25, 0.3) is 12.2 Å². The summed E-state index contributed by atoms with van der Waals surface area (Å²) >= 11 is 5.60.